The number of nitrogens with zero attached hydrogens (tertiary/aromatic N) is 3. The average molecular weight is 211 g/mol. The molecule has 0 saturated carbocycles. The molecule has 0 aliphatic rings. The Balaban J connectivity index is 2.43. The Labute approximate surface area is 91.0 Å². The molecule has 86 valence electrons. The summed E-state index contributed by atoms with van der Waals surface area (Å²) in [5.74, 6) is 0.743. The third-order valence-electron chi connectivity index (χ3n) is 2.51. The van der Waals surface area contributed by atoms with Gasteiger partial charge in [0.2, 0.25) is 0 Å². The molecule has 5 nitrogen and oxygen atoms in total. The summed E-state index contributed by atoms with van der Waals surface area (Å²) in [5.41, 5.74) is 0. The highest BCUT2D eigenvalue weighted by atomic mass is 15.5. The van der Waals surface area contributed by atoms with Crippen LogP contribution in [0.15, 0.2) is 0 Å². The average Bonchev–Trinajstić information content (AvgIpc) is 2.71. The second-order valence-electron chi connectivity index (χ2n) is 3.93. The highest BCUT2D eigenvalue weighted by Crippen LogP contribution is 2.11. The molecule has 0 amide bonds. The Kier molecular flexibility index (Phi) is 5.25. The van der Waals surface area contributed by atoms with Crippen LogP contribution in [0.2, 0.25) is 0 Å². The monoisotopic (exact) mass is 211 g/mol. The number of aromatic amines is 1. The fourth-order valence-electron chi connectivity index (χ4n) is 1.79. The summed E-state index contributed by atoms with van der Waals surface area (Å²) in [7, 11) is 0. The van der Waals surface area contributed by atoms with Gasteiger partial charge in [0.1, 0.15) is 0 Å². The van der Waals surface area contributed by atoms with Gasteiger partial charge in [-0.3, -0.25) is 0 Å². The molecular formula is C10H21N5. The Morgan fingerprint density at radius 3 is 2.40 bits per heavy atom. The van der Waals surface area contributed by atoms with Crippen LogP contribution in [0.3, 0.4) is 0 Å². The highest BCUT2D eigenvalue weighted by molar-refractivity contribution is 4.87. The Bertz CT molecular complexity index is 240. The molecule has 0 aromatic carbocycles. The smallest absolute Gasteiger partial charge is 0.191 e. The first-order valence-corrected chi connectivity index (χ1v) is 5.77. The van der Waals surface area contributed by atoms with Gasteiger partial charge in [-0.25, -0.2) is 0 Å². The van der Waals surface area contributed by atoms with E-state index in [1.807, 2.05) is 0 Å². The normalized spacial score (nSPS) is 13.3. The third-order valence-corrected chi connectivity index (χ3v) is 2.51. The van der Waals surface area contributed by atoms with E-state index in [0.29, 0.717) is 6.04 Å². The van der Waals surface area contributed by atoms with E-state index in [1.165, 1.54) is 25.7 Å². The minimum atomic E-state index is 0.173. The molecule has 1 atom stereocenters. The third kappa shape index (κ3) is 3.95. The van der Waals surface area contributed by atoms with Gasteiger partial charge in [0.25, 0.3) is 0 Å². The van der Waals surface area contributed by atoms with Gasteiger partial charge in [0.15, 0.2) is 5.82 Å². The lowest BCUT2D eigenvalue weighted by atomic mass is 10.1. The van der Waals surface area contributed by atoms with E-state index in [2.05, 4.69) is 46.7 Å². The molecule has 15 heavy (non-hydrogen) atoms. The molecule has 1 aromatic rings. The van der Waals surface area contributed by atoms with Gasteiger partial charge in [0.05, 0.1) is 6.04 Å². The number of tetrazole rings is 1. The Hall–Kier alpha value is -0.970. The van der Waals surface area contributed by atoms with Crippen LogP contribution in [-0.2, 0) is 0 Å². The fraction of sp³-hybridized carbons (Fsp3) is 0.900. The van der Waals surface area contributed by atoms with Crippen molar-refractivity contribution in [3.8, 4) is 0 Å². The summed E-state index contributed by atoms with van der Waals surface area (Å²) < 4.78 is 0. The predicted molar refractivity (Wildman–Crippen MR) is 59.3 cm³/mol. The molecule has 5 heteroatoms. The van der Waals surface area contributed by atoms with Crippen LogP contribution in [-0.4, -0.2) is 26.7 Å². The molecule has 0 saturated heterocycles. The van der Waals surface area contributed by atoms with Crippen molar-refractivity contribution in [1.29, 1.82) is 0 Å². The number of aromatic nitrogens is 4. The van der Waals surface area contributed by atoms with Crippen LogP contribution in [0.4, 0.5) is 0 Å². The Morgan fingerprint density at radius 2 is 1.93 bits per heavy atom. The number of hydrogen-bond acceptors (Lipinski definition) is 4. The van der Waals surface area contributed by atoms with E-state index in [9.17, 15) is 0 Å². The van der Waals surface area contributed by atoms with Gasteiger partial charge in [-0.2, -0.15) is 5.21 Å². The van der Waals surface area contributed by atoms with Crippen molar-refractivity contribution in [2.75, 3.05) is 0 Å². The molecule has 0 aliphatic carbocycles. The van der Waals surface area contributed by atoms with Crippen molar-refractivity contribution < 1.29 is 0 Å². The number of rotatable bonds is 7. The zero-order valence-corrected chi connectivity index (χ0v) is 9.82. The van der Waals surface area contributed by atoms with Crippen LogP contribution in [0.25, 0.3) is 0 Å². The maximum absolute atomic E-state index is 3.98. The van der Waals surface area contributed by atoms with E-state index in [4.69, 9.17) is 0 Å². The second kappa shape index (κ2) is 6.50. The molecule has 0 spiro atoms. The predicted octanol–water partition coefficient (Wildman–Crippen LogP) is 1.82. The van der Waals surface area contributed by atoms with Gasteiger partial charge < -0.3 is 5.32 Å². The summed E-state index contributed by atoms with van der Waals surface area (Å²) in [6, 6.07) is 0.736. The summed E-state index contributed by atoms with van der Waals surface area (Å²) >= 11 is 0. The zero-order valence-electron chi connectivity index (χ0n) is 9.82. The van der Waals surface area contributed by atoms with Crippen molar-refractivity contribution >= 4 is 0 Å². The van der Waals surface area contributed by atoms with Gasteiger partial charge in [-0.1, -0.05) is 31.9 Å². The van der Waals surface area contributed by atoms with Crippen molar-refractivity contribution in [2.24, 2.45) is 0 Å². The van der Waals surface area contributed by atoms with Gasteiger partial charge in [-0.15, -0.1) is 10.2 Å². The van der Waals surface area contributed by atoms with Crippen LogP contribution < -0.4 is 5.32 Å². The van der Waals surface area contributed by atoms with E-state index in [0.717, 1.165) is 5.82 Å². The topological polar surface area (TPSA) is 66.5 Å². The first kappa shape index (κ1) is 12.1. The zero-order chi connectivity index (χ0) is 11.1. The lowest BCUT2D eigenvalue weighted by Crippen LogP contribution is -2.31. The van der Waals surface area contributed by atoms with Crippen molar-refractivity contribution in [1.82, 2.24) is 25.9 Å². The Morgan fingerprint density at radius 1 is 1.27 bits per heavy atom. The molecule has 1 rings (SSSR count). The van der Waals surface area contributed by atoms with Gasteiger partial charge >= 0.3 is 0 Å². The molecule has 0 aliphatic heterocycles. The van der Waals surface area contributed by atoms with Crippen LogP contribution >= 0.6 is 0 Å². The number of nitrogens with one attached hydrogen (secondary N) is 2. The molecule has 0 fully saturated rings. The van der Waals surface area contributed by atoms with E-state index in [-0.39, 0.29) is 6.04 Å². The lowest BCUT2D eigenvalue weighted by Gasteiger charge is -2.20. The van der Waals surface area contributed by atoms with Gasteiger partial charge in [0, 0.05) is 6.04 Å². The van der Waals surface area contributed by atoms with Gasteiger partial charge in [-0.05, 0) is 19.8 Å². The van der Waals surface area contributed by atoms with Crippen LogP contribution in [0, 0.1) is 0 Å². The molecule has 1 aromatic heterocycles. The fourth-order valence-corrected chi connectivity index (χ4v) is 1.79. The molecule has 1 heterocycles. The first-order valence-electron chi connectivity index (χ1n) is 5.77. The molecular weight excluding hydrogens is 190 g/mol. The summed E-state index contributed by atoms with van der Waals surface area (Å²) in [6.07, 6.45) is 4.82. The summed E-state index contributed by atoms with van der Waals surface area (Å²) in [6.45, 7) is 6.50. The largest absolute Gasteiger partial charge is 0.305 e. The quantitative estimate of drug-likeness (QED) is 0.722. The SMILES string of the molecule is CCCC(CCC)NC(C)c1nn[nH]n1. The molecule has 1 unspecified atom stereocenters. The molecule has 2 N–H and O–H groups in total. The minimum Gasteiger partial charge on any atom is -0.305 e. The second-order valence-corrected chi connectivity index (χ2v) is 3.93. The van der Waals surface area contributed by atoms with Crippen molar-refractivity contribution in [2.45, 2.75) is 58.5 Å². The lowest BCUT2D eigenvalue weighted by molar-refractivity contribution is 0.394. The molecule has 0 radical (unpaired) electrons. The van der Waals surface area contributed by atoms with Crippen molar-refractivity contribution in [3.05, 3.63) is 5.82 Å². The highest BCUT2D eigenvalue weighted by Gasteiger charge is 2.14. The van der Waals surface area contributed by atoms with E-state index in [1.54, 1.807) is 0 Å². The van der Waals surface area contributed by atoms with E-state index < -0.39 is 0 Å². The minimum absolute atomic E-state index is 0.173. The maximum Gasteiger partial charge on any atom is 0.191 e. The standard InChI is InChI=1S/C10H21N5/c1-4-6-9(7-5-2)11-8(3)10-12-14-15-13-10/h8-9,11H,4-7H2,1-3H3,(H,12,13,14,15). The number of hydrogen-bond donors (Lipinski definition) is 2. The van der Waals surface area contributed by atoms with Crippen LogP contribution in [0.1, 0.15) is 58.3 Å². The summed E-state index contributed by atoms with van der Waals surface area (Å²) in [4.78, 5) is 0. The van der Waals surface area contributed by atoms with Crippen molar-refractivity contribution in [3.63, 3.8) is 0 Å². The van der Waals surface area contributed by atoms with Crippen LogP contribution in [0.5, 0.6) is 0 Å². The first-order chi connectivity index (χ1) is 7.27. The van der Waals surface area contributed by atoms with E-state index >= 15 is 0 Å². The summed E-state index contributed by atoms with van der Waals surface area (Å²) in [5, 5.41) is 17.5. The number of H-pyrrole nitrogens is 1. The molecule has 0 bridgehead atoms. The maximum atomic E-state index is 3.98.